The highest BCUT2D eigenvalue weighted by Crippen LogP contribution is 2.11. The van der Waals surface area contributed by atoms with Crippen LogP contribution in [0.15, 0.2) is 24.3 Å². The quantitative estimate of drug-likeness (QED) is 0.842. The molecule has 1 heterocycles. The standard InChI is InChI=1S/C16H24N2O3S/c1-3-22(20,21)18-9-5-8-17(10-11-18)16(19)13-15-7-4-6-14(2)12-15/h4,6-7,12H,3,5,8-11,13H2,1-2H3. The molecule has 1 aliphatic rings. The lowest BCUT2D eigenvalue weighted by Crippen LogP contribution is -2.38. The number of amides is 1. The van der Waals surface area contributed by atoms with Crippen molar-refractivity contribution in [2.75, 3.05) is 31.9 Å². The smallest absolute Gasteiger partial charge is 0.227 e. The molecular weight excluding hydrogens is 300 g/mol. The largest absolute Gasteiger partial charge is 0.341 e. The van der Waals surface area contributed by atoms with Gasteiger partial charge in [0, 0.05) is 26.2 Å². The van der Waals surface area contributed by atoms with E-state index < -0.39 is 10.0 Å². The minimum atomic E-state index is -3.16. The maximum atomic E-state index is 12.4. The average molecular weight is 324 g/mol. The molecule has 0 N–H and O–H groups in total. The molecule has 122 valence electrons. The SMILES string of the molecule is CCS(=O)(=O)N1CCCN(C(=O)Cc2cccc(C)c2)CC1. The molecule has 1 amide bonds. The molecule has 1 saturated heterocycles. The van der Waals surface area contributed by atoms with Gasteiger partial charge in [-0.25, -0.2) is 12.7 Å². The van der Waals surface area contributed by atoms with Crippen molar-refractivity contribution in [3.05, 3.63) is 35.4 Å². The Bertz CT molecular complexity index is 628. The second kappa shape index (κ2) is 7.24. The molecule has 1 aliphatic heterocycles. The van der Waals surface area contributed by atoms with Crippen LogP contribution in [-0.2, 0) is 21.2 Å². The van der Waals surface area contributed by atoms with Gasteiger partial charge >= 0.3 is 0 Å². The van der Waals surface area contributed by atoms with Crippen LogP contribution in [0.4, 0.5) is 0 Å². The first-order valence-electron chi connectivity index (χ1n) is 7.73. The lowest BCUT2D eigenvalue weighted by Gasteiger charge is -2.21. The summed E-state index contributed by atoms with van der Waals surface area (Å²) >= 11 is 0. The molecule has 1 fully saturated rings. The van der Waals surface area contributed by atoms with E-state index in [0.29, 0.717) is 39.0 Å². The highest BCUT2D eigenvalue weighted by molar-refractivity contribution is 7.89. The molecule has 0 atom stereocenters. The van der Waals surface area contributed by atoms with E-state index in [4.69, 9.17) is 0 Å². The summed E-state index contributed by atoms with van der Waals surface area (Å²) in [7, 11) is -3.16. The van der Waals surface area contributed by atoms with E-state index in [0.717, 1.165) is 11.1 Å². The predicted octanol–water partition coefficient (Wildman–Crippen LogP) is 1.42. The third-order valence-electron chi connectivity index (χ3n) is 4.00. The minimum Gasteiger partial charge on any atom is -0.341 e. The van der Waals surface area contributed by atoms with Gasteiger partial charge in [0.05, 0.1) is 12.2 Å². The van der Waals surface area contributed by atoms with E-state index in [1.165, 1.54) is 4.31 Å². The molecule has 6 heteroatoms. The van der Waals surface area contributed by atoms with Crippen molar-refractivity contribution in [2.24, 2.45) is 0 Å². The van der Waals surface area contributed by atoms with Crippen LogP contribution >= 0.6 is 0 Å². The van der Waals surface area contributed by atoms with Crippen LogP contribution in [0.2, 0.25) is 0 Å². The van der Waals surface area contributed by atoms with E-state index in [1.54, 1.807) is 11.8 Å². The highest BCUT2D eigenvalue weighted by atomic mass is 32.2. The predicted molar refractivity (Wildman–Crippen MR) is 87.1 cm³/mol. The van der Waals surface area contributed by atoms with E-state index in [9.17, 15) is 13.2 Å². The van der Waals surface area contributed by atoms with Crippen LogP contribution in [0.5, 0.6) is 0 Å². The molecular formula is C16H24N2O3S. The lowest BCUT2D eigenvalue weighted by atomic mass is 10.1. The zero-order valence-electron chi connectivity index (χ0n) is 13.3. The van der Waals surface area contributed by atoms with E-state index in [2.05, 4.69) is 0 Å². The Hall–Kier alpha value is -1.40. The van der Waals surface area contributed by atoms with E-state index >= 15 is 0 Å². The van der Waals surface area contributed by atoms with Crippen LogP contribution in [0.25, 0.3) is 0 Å². The monoisotopic (exact) mass is 324 g/mol. The van der Waals surface area contributed by atoms with Crippen molar-refractivity contribution >= 4 is 15.9 Å². The number of carbonyl (C=O) groups is 1. The van der Waals surface area contributed by atoms with Gasteiger partial charge in [-0.05, 0) is 25.8 Å². The van der Waals surface area contributed by atoms with Crippen LogP contribution in [0.3, 0.4) is 0 Å². The van der Waals surface area contributed by atoms with Gasteiger partial charge in [-0.15, -0.1) is 0 Å². The molecule has 0 aliphatic carbocycles. The second-order valence-electron chi connectivity index (χ2n) is 5.70. The third kappa shape index (κ3) is 4.30. The number of hydrogen-bond donors (Lipinski definition) is 0. The molecule has 0 aromatic heterocycles. The van der Waals surface area contributed by atoms with E-state index in [1.807, 2.05) is 31.2 Å². The number of rotatable bonds is 4. The summed E-state index contributed by atoms with van der Waals surface area (Å²) in [4.78, 5) is 14.2. The summed E-state index contributed by atoms with van der Waals surface area (Å²) in [5, 5.41) is 0. The number of nitrogens with zero attached hydrogens (tertiary/aromatic N) is 2. The lowest BCUT2D eigenvalue weighted by molar-refractivity contribution is -0.130. The fourth-order valence-corrected chi connectivity index (χ4v) is 3.84. The Kier molecular flexibility index (Phi) is 5.58. The molecule has 5 nitrogen and oxygen atoms in total. The van der Waals surface area contributed by atoms with Gasteiger partial charge in [0.2, 0.25) is 15.9 Å². The summed E-state index contributed by atoms with van der Waals surface area (Å²) in [5.41, 5.74) is 2.15. The Morgan fingerprint density at radius 1 is 1.18 bits per heavy atom. The summed E-state index contributed by atoms with van der Waals surface area (Å²) in [6.45, 7) is 5.67. The number of benzene rings is 1. The second-order valence-corrected chi connectivity index (χ2v) is 7.96. The first-order valence-corrected chi connectivity index (χ1v) is 9.34. The molecule has 0 spiro atoms. The fourth-order valence-electron chi connectivity index (χ4n) is 2.71. The number of hydrogen-bond acceptors (Lipinski definition) is 3. The third-order valence-corrected chi connectivity index (χ3v) is 5.89. The van der Waals surface area contributed by atoms with Crippen LogP contribution in [-0.4, -0.2) is 55.5 Å². The Labute approximate surface area is 133 Å². The molecule has 0 radical (unpaired) electrons. The molecule has 2 rings (SSSR count). The van der Waals surface area contributed by atoms with Crippen LogP contribution < -0.4 is 0 Å². The first-order chi connectivity index (χ1) is 10.4. The summed E-state index contributed by atoms with van der Waals surface area (Å²) in [6.07, 6.45) is 1.07. The molecule has 1 aromatic carbocycles. The van der Waals surface area contributed by atoms with Crippen LogP contribution in [0.1, 0.15) is 24.5 Å². The van der Waals surface area contributed by atoms with Crippen molar-refractivity contribution in [1.29, 1.82) is 0 Å². The zero-order chi connectivity index (χ0) is 16.2. The molecule has 22 heavy (non-hydrogen) atoms. The summed E-state index contributed by atoms with van der Waals surface area (Å²) in [5.74, 6) is 0.186. The normalized spacial score (nSPS) is 17.3. The topological polar surface area (TPSA) is 57.7 Å². The van der Waals surface area contributed by atoms with Gasteiger partial charge in [-0.3, -0.25) is 4.79 Å². The highest BCUT2D eigenvalue weighted by Gasteiger charge is 2.25. The molecule has 1 aromatic rings. The van der Waals surface area contributed by atoms with Crippen molar-refractivity contribution < 1.29 is 13.2 Å². The average Bonchev–Trinajstić information content (AvgIpc) is 2.73. The van der Waals surface area contributed by atoms with Gasteiger partial charge in [0.1, 0.15) is 0 Å². The van der Waals surface area contributed by atoms with Gasteiger partial charge in [-0.2, -0.15) is 0 Å². The van der Waals surface area contributed by atoms with Crippen molar-refractivity contribution in [3.63, 3.8) is 0 Å². The fraction of sp³-hybridized carbons (Fsp3) is 0.562. The van der Waals surface area contributed by atoms with Gasteiger partial charge in [0.25, 0.3) is 0 Å². The summed E-state index contributed by atoms with van der Waals surface area (Å²) in [6, 6.07) is 7.93. The van der Waals surface area contributed by atoms with Gasteiger partial charge in [0.15, 0.2) is 0 Å². The molecule has 0 saturated carbocycles. The Morgan fingerprint density at radius 3 is 2.64 bits per heavy atom. The molecule has 0 unspecified atom stereocenters. The number of sulfonamides is 1. The number of carbonyl (C=O) groups excluding carboxylic acids is 1. The minimum absolute atomic E-state index is 0.0707. The summed E-state index contributed by atoms with van der Waals surface area (Å²) < 4.78 is 25.4. The zero-order valence-corrected chi connectivity index (χ0v) is 14.1. The molecule has 0 bridgehead atoms. The number of aryl methyl sites for hydroxylation is 1. The van der Waals surface area contributed by atoms with E-state index in [-0.39, 0.29) is 11.7 Å². The Morgan fingerprint density at radius 2 is 1.95 bits per heavy atom. The van der Waals surface area contributed by atoms with Crippen molar-refractivity contribution in [3.8, 4) is 0 Å². The maximum Gasteiger partial charge on any atom is 0.227 e. The van der Waals surface area contributed by atoms with Crippen molar-refractivity contribution in [2.45, 2.75) is 26.7 Å². The van der Waals surface area contributed by atoms with Crippen molar-refractivity contribution in [1.82, 2.24) is 9.21 Å². The Balaban J connectivity index is 1.97. The maximum absolute atomic E-state index is 12.4. The first kappa shape index (κ1) is 17.0. The van der Waals surface area contributed by atoms with Crippen LogP contribution in [0, 0.1) is 6.92 Å². The van der Waals surface area contributed by atoms with Gasteiger partial charge in [-0.1, -0.05) is 29.8 Å². The van der Waals surface area contributed by atoms with Gasteiger partial charge < -0.3 is 4.90 Å².